The van der Waals surface area contributed by atoms with Gasteiger partial charge in [0.25, 0.3) is 5.91 Å². The molecular weight excluding hydrogens is 256 g/mol. The van der Waals surface area contributed by atoms with Crippen LogP contribution in [0.2, 0.25) is 0 Å². The van der Waals surface area contributed by atoms with Crippen molar-refractivity contribution in [2.45, 2.75) is 25.7 Å². The van der Waals surface area contributed by atoms with Crippen LogP contribution in [-0.4, -0.2) is 5.91 Å². The average Bonchev–Trinajstić information content (AvgIpc) is 2.90. The van der Waals surface area contributed by atoms with Crippen LogP contribution in [0.4, 0.5) is 5.69 Å². The number of rotatable bonds is 3. The van der Waals surface area contributed by atoms with Crippen molar-refractivity contribution in [2.75, 3.05) is 5.43 Å². The summed E-state index contributed by atoms with van der Waals surface area (Å²) in [5.41, 5.74) is 7.92. The predicted octanol–water partition coefficient (Wildman–Crippen LogP) is 3.38. The molecule has 0 saturated heterocycles. The van der Waals surface area contributed by atoms with Gasteiger partial charge in [0.05, 0.1) is 10.6 Å². The minimum atomic E-state index is -0.0525. The van der Waals surface area contributed by atoms with Gasteiger partial charge in [-0.2, -0.15) is 0 Å². The highest BCUT2D eigenvalue weighted by Gasteiger charge is 2.16. The number of para-hydroxylation sites is 1. The van der Waals surface area contributed by atoms with Crippen LogP contribution in [0.5, 0.6) is 0 Å². The summed E-state index contributed by atoms with van der Waals surface area (Å²) in [5, 5.41) is 0. The second-order valence-corrected chi connectivity index (χ2v) is 5.85. The molecule has 98 valence electrons. The van der Waals surface area contributed by atoms with Crippen LogP contribution in [-0.2, 0) is 12.8 Å². The summed E-state index contributed by atoms with van der Waals surface area (Å²) >= 11 is 1.63. The van der Waals surface area contributed by atoms with Crippen molar-refractivity contribution in [1.29, 1.82) is 0 Å². The van der Waals surface area contributed by atoms with Crippen molar-refractivity contribution in [1.82, 2.24) is 5.43 Å². The molecule has 4 heteroatoms. The molecule has 0 spiro atoms. The van der Waals surface area contributed by atoms with Gasteiger partial charge in [0.2, 0.25) is 0 Å². The Balaban J connectivity index is 1.65. The van der Waals surface area contributed by atoms with Crippen LogP contribution in [0.3, 0.4) is 0 Å². The van der Waals surface area contributed by atoms with Gasteiger partial charge in [-0.3, -0.25) is 15.6 Å². The molecular formula is C15H16N2OS. The Morgan fingerprint density at radius 2 is 1.89 bits per heavy atom. The zero-order valence-electron chi connectivity index (χ0n) is 10.6. The van der Waals surface area contributed by atoms with E-state index in [1.807, 2.05) is 36.4 Å². The summed E-state index contributed by atoms with van der Waals surface area (Å²) in [7, 11) is 0. The molecule has 0 radical (unpaired) electrons. The van der Waals surface area contributed by atoms with Gasteiger partial charge < -0.3 is 0 Å². The second-order valence-electron chi connectivity index (χ2n) is 4.71. The van der Waals surface area contributed by atoms with Gasteiger partial charge in [0.15, 0.2) is 0 Å². The third-order valence-electron chi connectivity index (χ3n) is 3.31. The lowest BCUT2D eigenvalue weighted by molar-refractivity contribution is 0.0966. The van der Waals surface area contributed by atoms with Crippen molar-refractivity contribution >= 4 is 22.9 Å². The number of anilines is 1. The molecule has 0 aliphatic heterocycles. The van der Waals surface area contributed by atoms with Crippen LogP contribution in [0, 0.1) is 0 Å². The van der Waals surface area contributed by atoms with Gasteiger partial charge in [0.1, 0.15) is 0 Å². The fraction of sp³-hybridized carbons (Fsp3) is 0.267. The molecule has 1 aromatic heterocycles. The standard InChI is InChI=1S/C15H16N2OS/c18-15(17-16-12-7-2-1-3-8-12)14-10-11-6-4-5-9-13(11)19-14/h1-3,7-8,10,16H,4-6,9H2,(H,17,18). The lowest BCUT2D eigenvalue weighted by Crippen LogP contribution is -2.28. The lowest BCUT2D eigenvalue weighted by Gasteiger charge is -2.08. The summed E-state index contributed by atoms with van der Waals surface area (Å²) < 4.78 is 0. The molecule has 2 aromatic rings. The molecule has 1 aromatic carbocycles. The average molecular weight is 272 g/mol. The van der Waals surface area contributed by atoms with E-state index in [-0.39, 0.29) is 5.91 Å². The van der Waals surface area contributed by atoms with E-state index in [2.05, 4.69) is 10.9 Å². The third kappa shape index (κ3) is 2.79. The fourth-order valence-electron chi connectivity index (χ4n) is 2.31. The van der Waals surface area contributed by atoms with Gasteiger partial charge in [-0.1, -0.05) is 18.2 Å². The Morgan fingerprint density at radius 1 is 1.11 bits per heavy atom. The van der Waals surface area contributed by atoms with Crippen LogP contribution >= 0.6 is 11.3 Å². The highest BCUT2D eigenvalue weighted by Crippen LogP contribution is 2.29. The number of hydrogen-bond acceptors (Lipinski definition) is 3. The van der Waals surface area contributed by atoms with E-state index in [1.165, 1.54) is 23.3 Å². The number of carbonyl (C=O) groups excluding carboxylic acids is 1. The Labute approximate surface area is 116 Å². The largest absolute Gasteiger partial charge is 0.298 e. The van der Waals surface area contributed by atoms with E-state index >= 15 is 0 Å². The summed E-state index contributed by atoms with van der Waals surface area (Å²) in [4.78, 5) is 14.3. The Morgan fingerprint density at radius 3 is 2.68 bits per heavy atom. The number of fused-ring (bicyclic) bond motifs is 1. The number of hydrogen-bond donors (Lipinski definition) is 2. The van der Waals surface area contributed by atoms with Gasteiger partial charge in [-0.25, -0.2) is 0 Å². The molecule has 1 heterocycles. The number of hydrazine groups is 1. The van der Waals surface area contributed by atoms with E-state index in [9.17, 15) is 4.79 Å². The minimum absolute atomic E-state index is 0.0525. The normalized spacial score (nSPS) is 13.7. The maximum absolute atomic E-state index is 12.1. The lowest BCUT2D eigenvalue weighted by atomic mass is 9.99. The number of benzene rings is 1. The molecule has 1 amide bonds. The first-order chi connectivity index (χ1) is 9.33. The number of carbonyl (C=O) groups is 1. The molecule has 0 fully saturated rings. The Hall–Kier alpha value is -1.81. The van der Waals surface area contributed by atoms with Crippen LogP contribution in [0.15, 0.2) is 36.4 Å². The smallest absolute Gasteiger partial charge is 0.279 e. The molecule has 3 nitrogen and oxygen atoms in total. The zero-order chi connectivity index (χ0) is 13.1. The van der Waals surface area contributed by atoms with Crippen LogP contribution in [0.25, 0.3) is 0 Å². The van der Waals surface area contributed by atoms with Gasteiger partial charge >= 0.3 is 0 Å². The molecule has 3 rings (SSSR count). The number of thiophene rings is 1. The first kappa shape index (κ1) is 12.2. The number of nitrogens with one attached hydrogen (secondary N) is 2. The van der Waals surface area contributed by atoms with E-state index in [1.54, 1.807) is 11.3 Å². The minimum Gasteiger partial charge on any atom is -0.298 e. The summed E-state index contributed by atoms with van der Waals surface area (Å²) in [6.07, 6.45) is 4.73. The monoisotopic (exact) mass is 272 g/mol. The van der Waals surface area contributed by atoms with Crippen molar-refractivity contribution < 1.29 is 4.79 Å². The second kappa shape index (κ2) is 5.45. The summed E-state index contributed by atoms with van der Waals surface area (Å²) in [5.74, 6) is -0.0525. The van der Waals surface area contributed by atoms with Crippen molar-refractivity contribution in [3.05, 3.63) is 51.7 Å². The van der Waals surface area contributed by atoms with Gasteiger partial charge in [-0.15, -0.1) is 11.3 Å². The molecule has 19 heavy (non-hydrogen) atoms. The van der Waals surface area contributed by atoms with Crippen molar-refractivity contribution in [2.24, 2.45) is 0 Å². The van der Waals surface area contributed by atoms with Gasteiger partial charge in [0, 0.05) is 4.88 Å². The Bertz CT molecular complexity index is 554. The first-order valence-corrected chi connectivity index (χ1v) is 7.37. The molecule has 0 atom stereocenters. The van der Waals surface area contributed by atoms with Gasteiger partial charge in [-0.05, 0) is 49.4 Å². The van der Waals surface area contributed by atoms with Crippen molar-refractivity contribution in [3.63, 3.8) is 0 Å². The number of aryl methyl sites for hydroxylation is 2. The first-order valence-electron chi connectivity index (χ1n) is 6.56. The topological polar surface area (TPSA) is 41.1 Å². The van der Waals surface area contributed by atoms with E-state index < -0.39 is 0 Å². The molecule has 1 aliphatic rings. The fourth-order valence-corrected chi connectivity index (χ4v) is 3.46. The van der Waals surface area contributed by atoms with E-state index in [0.717, 1.165) is 23.4 Å². The highest BCUT2D eigenvalue weighted by molar-refractivity contribution is 7.14. The molecule has 1 aliphatic carbocycles. The quantitative estimate of drug-likeness (QED) is 0.841. The third-order valence-corrected chi connectivity index (χ3v) is 4.55. The van der Waals surface area contributed by atoms with Crippen LogP contribution < -0.4 is 10.9 Å². The van der Waals surface area contributed by atoms with Crippen LogP contribution in [0.1, 0.15) is 33.0 Å². The predicted molar refractivity (Wildman–Crippen MR) is 78.5 cm³/mol. The number of amides is 1. The van der Waals surface area contributed by atoms with Crippen molar-refractivity contribution in [3.8, 4) is 0 Å². The molecule has 0 unspecified atom stereocenters. The zero-order valence-corrected chi connectivity index (χ0v) is 11.4. The molecule has 2 N–H and O–H groups in total. The van der Waals surface area contributed by atoms with E-state index in [4.69, 9.17) is 0 Å². The summed E-state index contributed by atoms with van der Waals surface area (Å²) in [6, 6.07) is 11.7. The molecule has 0 bridgehead atoms. The summed E-state index contributed by atoms with van der Waals surface area (Å²) in [6.45, 7) is 0. The maximum Gasteiger partial charge on any atom is 0.279 e. The van der Waals surface area contributed by atoms with E-state index in [0.29, 0.717) is 0 Å². The molecule has 0 saturated carbocycles. The Kier molecular flexibility index (Phi) is 3.51. The SMILES string of the molecule is O=C(NNc1ccccc1)c1cc2c(s1)CCCC2. The highest BCUT2D eigenvalue weighted by atomic mass is 32.1. The maximum atomic E-state index is 12.1.